The number of anilines is 1. The fraction of sp³-hybridized carbons (Fsp3) is 0.259. The topological polar surface area (TPSA) is 76.9 Å². The number of ether oxygens (including phenoxy) is 1. The van der Waals surface area contributed by atoms with Gasteiger partial charge in [-0.2, -0.15) is 5.10 Å². The fourth-order valence-corrected chi connectivity index (χ4v) is 5.01. The Bertz CT molecular complexity index is 1340. The normalized spacial score (nSPS) is 16.3. The molecule has 0 spiro atoms. The van der Waals surface area contributed by atoms with Gasteiger partial charge >= 0.3 is 0 Å². The summed E-state index contributed by atoms with van der Waals surface area (Å²) in [6, 6.07) is 18.9. The molecule has 1 aliphatic rings. The Morgan fingerprint density at radius 1 is 1.24 bits per heavy atom. The lowest BCUT2D eigenvalue weighted by atomic mass is 10.1. The third kappa shape index (κ3) is 4.41. The quantitative estimate of drug-likeness (QED) is 0.211. The van der Waals surface area contributed by atoms with E-state index in [1.807, 2.05) is 28.9 Å². The summed E-state index contributed by atoms with van der Waals surface area (Å²) in [6.45, 7) is 3.56. The van der Waals surface area contributed by atoms with Crippen molar-refractivity contribution in [1.82, 2.24) is 9.61 Å². The molecule has 3 heterocycles. The zero-order chi connectivity index (χ0) is 23.5. The number of benzene rings is 2. The molecule has 0 saturated carbocycles. The van der Waals surface area contributed by atoms with Crippen molar-refractivity contribution in [3.05, 3.63) is 78.1 Å². The number of amidine groups is 1. The standard InChI is InChI=1S/C27H29N5OS/c1-3-18-8-4-6-10-23(18)31-27(28)22-15-29-32-16-19(21-9-5-7-11-25(21)34-2)14-24(32)26(22)30-20-12-13-33-17-20/h4-11,14-16,20,30H,3,12-13,17H2,1-2H3,(H2,28,31)/t20-/m0/s1. The van der Waals surface area contributed by atoms with Gasteiger partial charge in [0.05, 0.1) is 41.3 Å². The van der Waals surface area contributed by atoms with Crippen molar-refractivity contribution >= 4 is 34.5 Å². The van der Waals surface area contributed by atoms with Crippen LogP contribution in [0.5, 0.6) is 0 Å². The number of rotatable bonds is 7. The van der Waals surface area contributed by atoms with Gasteiger partial charge < -0.3 is 15.8 Å². The molecule has 2 aromatic carbocycles. The van der Waals surface area contributed by atoms with Gasteiger partial charge in [0.2, 0.25) is 0 Å². The summed E-state index contributed by atoms with van der Waals surface area (Å²) in [5, 5.41) is 8.39. The molecule has 0 radical (unpaired) electrons. The first kappa shape index (κ1) is 22.5. The summed E-state index contributed by atoms with van der Waals surface area (Å²) in [4.78, 5) is 6.04. The third-order valence-electron chi connectivity index (χ3n) is 6.22. The number of thioether (sulfide) groups is 1. The van der Waals surface area contributed by atoms with Gasteiger partial charge in [0.1, 0.15) is 5.84 Å². The second kappa shape index (κ2) is 9.91. The van der Waals surface area contributed by atoms with Gasteiger partial charge in [0, 0.05) is 23.3 Å². The molecule has 1 fully saturated rings. The summed E-state index contributed by atoms with van der Waals surface area (Å²) < 4.78 is 7.54. The molecule has 174 valence electrons. The van der Waals surface area contributed by atoms with E-state index in [0.717, 1.165) is 53.0 Å². The lowest BCUT2D eigenvalue weighted by Crippen LogP contribution is -2.24. The Hall–Kier alpha value is -3.29. The van der Waals surface area contributed by atoms with E-state index in [9.17, 15) is 0 Å². The zero-order valence-electron chi connectivity index (χ0n) is 19.5. The molecule has 7 heteroatoms. The first-order valence-electron chi connectivity index (χ1n) is 11.6. The van der Waals surface area contributed by atoms with Crippen LogP contribution in [-0.2, 0) is 11.2 Å². The molecule has 34 heavy (non-hydrogen) atoms. The van der Waals surface area contributed by atoms with Crippen molar-refractivity contribution in [1.29, 1.82) is 0 Å². The predicted octanol–water partition coefficient (Wildman–Crippen LogP) is 5.52. The molecule has 4 aromatic rings. The van der Waals surface area contributed by atoms with Crippen LogP contribution in [0.25, 0.3) is 16.6 Å². The molecule has 0 bridgehead atoms. The molecule has 2 aromatic heterocycles. The van der Waals surface area contributed by atoms with Crippen molar-refractivity contribution in [3.8, 4) is 11.1 Å². The van der Waals surface area contributed by atoms with Gasteiger partial charge in [0.25, 0.3) is 0 Å². The number of nitrogens with zero attached hydrogens (tertiary/aromatic N) is 3. The summed E-state index contributed by atoms with van der Waals surface area (Å²) >= 11 is 1.74. The van der Waals surface area contributed by atoms with Crippen LogP contribution >= 0.6 is 11.8 Å². The smallest absolute Gasteiger partial charge is 0.135 e. The van der Waals surface area contributed by atoms with Crippen LogP contribution in [0.2, 0.25) is 0 Å². The van der Waals surface area contributed by atoms with Crippen LogP contribution < -0.4 is 11.1 Å². The van der Waals surface area contributed by atoms with Gasteiger partial charge in [0.15, 0.2) is 0 Å². The average Bonchev–Trinajstić information content (AvgIpc) is 3.54. The van der Waals surface area contributed by atoms with Crippen LogP contribution in [-0.4, -0.2) is 41.0 Å². The van der Waals surface area contributed by atoms with Crippen molar-refractivity contribution < 1.29 is 4.74 Å². The van der Waals surface area contributed by atoms with Gasteiger partial charge in [-0.1, -0.05) is 43.3 Å². The molecule has 6 nitrogen and oxygen atoms in total. The third-order valence-corrected chi connectivity index (χ3v) is 7.02. The average molecular weight is 472 g/mol. The number of aromatic nitrogens is 2. The van der Waals surface area contributed by atoms with Gasteiger partial charge in [-0.3, -0.25) is 0 Å². The minimum absolute atomic E-state index is 0.220. The second-order valence-electron chi connectivity index (χ2n) is 8.38. The predicted molar refractivity (Wildman–Crippen MR) is 141 cm³/mol. The number of aliphatic imine (C=N–C) groups is 1. The highest BCUT2D eigenvalue weighted by atomic mass is 32.2. The lowest BCUT2D eigenvalue weighted by Gasteiger charge is -2.17. The summed E-state index contributed by atoms with van der Waals surface area (Å²) in [5.41, 5.74) is 13.7. The molecule has 1 aliphatic heterocycles. The molecular formula is C27H29N5OS. The van der Waals surface area contributed by atoms with Crippen LogP contribution in [0.3, 0.4) is 0 Å². The Labute approximate surface area is 204 Å². The molecule has 3 N–H and O–H groups in total. The molecule has 1 saturated heterocycles. The highest BCUT2D eigenvalue weighted by Gasteiger charge is 2.21. The first-order chi connectivity index (χ1) is 16.7. The van der Waals surface area contributed by atoms with Crippen LogP contribution in [0, 0.1) is 0 Å². The number of fused-ring (bicyclic) bond motifs is 1. The highest BCUT2D eigenvalue weighted by Crippen LogP contribution is 2.34. The summed E-state index contributed by atoms with van der Waals surface area (Å²) in [6.07, 6.45) is 7.83. The van der Waals surface area contributed by atoms with Crippen LogP contribution in [0.1, 0.15) is 24.5 Å². The molecular weight excluding hydrogens is 442 g/mol. The minimum Gasteiger partial charge on any atom is -0.383 e. The maximum atomic E-state index is 6.61. The molecule has 0 aliphatic carbocycles. The van der Waals surface area contributed by atoms with Crippen molar-refractivity contribution in [3.63, 3.8) is 0 Å². The largest absolute Gasteiger partial charge is 0.383 e. The number of hydrogen-bond donors (Lipinski definition) is 2. The minimum atomic E-state index is 0.220. The summed E-state index contributed by atoms with van der Waals surface area (Å²) in [7, 11) is 0. The molecule has 0 unspecified atom stereocenters. The van der Waals surface area contributed by atoms with E-state index >= 15 is 0 Å². The monoisotopic (exact) mass is 471 g/mol. The number of aryl methyl sites for hydroxylation is 1. The van der Waals surface area contributed by atoms with E-state index in [2.05, 4.69) is 61.1 Å². The van der Waals surface area contributed by atoms with E-state index in [1.54, 1.807) is 11.8 Å². The zero-order valence-corrected chi connectivity index (χ0v) is 20.3. The van der Waals surface area contributed by atoms with Crippen LogP contribution in [0.4, 0.5) is 11.4 Å². The van der Waals surface area contributed by atoms with Gasteiger partial charge in [-0.05, 0) is 48.4 Å². The van der Waals surface area contributed by atoms with Crippen LogP contribution in [0.15, 0.2) is 76.9 Å². The SMILES string of the molecule is CCc1ccccc1N=C(N)c1cnn2cc(-c3ccccc3SC)cc2c1N[C@H]1CCOC1. The summed E-state index contributed by atoms with van der Waals surface area (Å²) in [5.74, 6) is 0.449. The van der Waals surface area contributed by atoms with Crippen molar-refractivity contribution in [2.24, 2.45) is 10.7 Å². The van der Waals surface area contributed by atoms with E-state index in [1.165, 1.54) is 10.5 Å². The second-order valence-corrected chi connectivity index (χ2v) is 9.22. The van der Waals surface area contributed by atoms with E-state index in [0.29, 0.717) is 12.4 Å². The van der Waals surface area contributed by atoms with Crippen molar-refractivity contribution in [2.45, 2.75) is 30.7 Å². The Morgan fingerprint density at radius 3 is 2.85 bits per heavy atom. The van der Waals surface area contributed by atoms with Crippen molar-refractivity contribution in [2.75, 3.05) is 24.8 Å². The molecule has 5 rings (SSSR count). The molecule has 1 atom stereocenters. The number of hydrogen-bond acceptors (Lipinski definition) is 5. The Balaban J connectivity index is 1.64. The van der Waals surface area contributed by atoms with E-state index in [-0.39, 0.29) is 6.04 Å². The molecule has 0 amide bonds. The Morgan fingerprint density at radius 2 is 2.06 bits per heavy atom. The van der Waals surface area contributed by atoms with E-state index < -0.39 is 0 Å². The number of nitrogens with two attached hydrogens (primary N) is 1. The van der Waals surface area contributed by atoms with Gasteiger partial charge in [-0.15, -0.1) is 11.8 Å². The Kier molecular flexibility index (Phi) is 6.56. The lowest BCUT2D eigenvalue weighted by molar-refractivity contribution is 0.195. The highest BCUT2D eigenvalue weighted by molar-refractivity contribution is 7.98. The number of nitrogens with one attached hydrogen (secondary N) is 1. The first-order valence-corrected chi connectivity index (χ1v) is 12.8. The van der Waals surface area contributed by atoms with Gasteiger partial charge in [-0.25, -0.2) is 9.51 Å². The maximum Gasteiger partial charge on any atom is 0.135 e. The fourth-order valence-electron chi connectivity index (χ4n) is 4.39. The van der Waals surface area contributed by atoms with E-state index in [4.69, 9.17) is 20.6 Å². The maximum absolute atomic E-state index is 6.61. The number of para-hydroxylation sites is 1.